The van der Waals surface area contributed by atoms with Crippen molar-refractivity contribution in [2.45, 2.75) is 57.7 Å². The first-order valence-corrected chi connectivity index (χ1v) is 8.75. The maximum Gasteiger partial charge on any atom is 0.271 e. The van der Waals surface area contributed by atoms with E-state index in [1.807, 2.05) is 30.7 Å². The number of hydrogen-bond acceptors (Lipinski definition) is 2. The predicted octanol–water partition coefficient (Wildman–Crippen LogP) is 2.71. The molecule has 2 heterocycles. The summed E-state index contributed by atoms with van der Waals surface area (Å²) in [7, 11) is 0. The van der Waals surface area contributed by atoms with E-state index in [-0.39, 0.29) is 23.9 Å². The summed E-state index contributed by atoms with van der Waals surface area (Å²) in [5, 5.41) is 3.03. The van der Waals surface area contributed by atoms with E-state index in [2.05, 4.69) is 21.2 Å². The van der Waals surface area contributed by atoms with Gasteiger partial charge in [0, 0.05) is 29.3 Å². The molecule has 2 fully saturated rings. The van der Waals surface area contributed by atoms with Gasteiger partial charge in [0.1, 0.15) is 11.7 Å². The number of rotatable bonds is 4. The second-order valence-corrected chi connectivity index (χ2v) is 7.40. The zero-order chi connectivity index (χ0) is 15.9. The van der Waals surface area contributed by atoms with E-state index in [9.17, 15) is 9.59 Å². The Kier molecular flexibility index (Phi) is 4.30. The minimum absolute atomic E-state index is 0.00932. The quantitative estimate of drug-likeness (QED) is 0.889. The summed E-state index contributed by atoms with van der Waals surface area (Å²) >= 11 is 3.44. The van der Waals surface area contributed by atoms with Crippen molar-refractivity contribution in [2.24, 2.45) is 0 Å². The lowest BCUT2D eigenvalue weighted by Crippen LogP contribution is -2.47. The van der Waals surface area contributed by atoms with Crippen molar-refractivity contribution in [1.29, 1.82) is 0 Å². The van der Waals surface area contributed by atoms with E-state index in [1.165, 1.54) is 0 Å². The fourth-order valence-corrected chi connectivity index (χ4v) is 3.44. The van der Waals surface area contributed by atoms with Crippen molar-refractivity contribution in [3.63, 3.8) is 0 Å². The molecule has 0 bridgehead atoms. The number of carbonyl (C=O) groups is 2. The molecule has 1 atom stereocenters. The van der Waals surface area contributed by atoms with Crippen LogP contribution in [0, 0.1) is 0 Å². The van der Waals surface area contributed by atoms with Crippen LogP contribution >= 0.6 is 15.9 Å². The highest BCUT2D eigenvalue weighted by atomic mass is 79.9. The monoisotopic (exact) mass is 367 g/mol. The van der Waals surface area contributed by atoms with Crippen molar-refractivity contribution in [3.05, 3.63) is 22.4 Å². The van der Waals surface area contributed by atoms with Crippen LogP contribution in [-0.2, 0) is 4.79 Å². The van der Waals surface area contributed by atoms with Crippen LogP contribution in [0.3, 0.4) is 0 Å². The Morgan fingerprint density at radius 1 is 1.32 bits per heavy atom. The van der Waals surface area contributed by atoms with E-state index >= 15 is 0 Å². The molecule has 1 unspecified atom stereocenters. The lowest BCUT2D eigenvalue weighted by atomic mass is 10.2. The highest BCUT2D eigenvalue weighted by Crippen LogP contribution is 2.26. The largest absolute Gasteiger partial charge is 0.352 e. The average molecular weight is 368 g/mol. The molecule has 1 N–H and O–H groups in total. The van der Waals surface area contributed by atoms with Crippen LogP contribution in [0.1, 0.15) is 56.1 Å². The molecular formula is C16H22BrN3O2. The number of hydrogen-bond donors (Lipinski definition) is 1. The highest BCUT2D eigenvalue weighted by molar-refractivity contribution is 9.10. The fourth-order valence-electron chi connectivity index (χ4n) is 3.00. The number of nitrogens with zero attached hydrogens (tertiary/aromatic N) is 2. The van der Waals surface area contributed by atoms with Crippen LogP contribution in [-0.4, -0.2) is 39.9 Å². The number of halogens is 1. The van der Waals surface area contributed by atoms with Gasteiger partial charge in [0.15, 0.2) is 0 Å². The summed E-state index contributed by atoms with van der Waals surface area (Å²) in [5.41, 5.74) is 0.646. The molecule has 120 valence electrons. The number of amides is 2. The third-order valence-electron chi connectivity index (χ3n) is 4.33. The summed E-state index contributed by atoms with van der Waals surface area (Å²) in [6, 6.07) is 2.06. The summed E-state index contributed by atoms with van der Waals surface area (Å²) in [6.07, 6.45) is 5.70. The first kappa shape index (κ1) is 15.6. The first-order valence-electron chi connectivity index (χ1n) is 7.96. The third-order valence-corrected chi connectivity index (χ3v) is 4.76. The molecule has 5 nitrogen and oxygen atoms in total. The molecule has 1 saturated heterocycles. The lowest BCUT2D eigenvalue weighted by Gasteiger charge is -2.25. The lowest BCUT2D eigenvalue weighted by molar-refractivity contribution is -0.125. The molecule has 1 saturated carbocycles. The van der Waals surface area contributed by atoms with Crippen LogP contribution in [0.5, 0.6) is 0 Å². The topological polar surface area (TPSA) is 54.3 Å². The molecule has 1 aromatic heterocycles. The summed E-state index contributed by atoms with van der Waals surface area (Å²) in [4.78, 5) is 27.0. The van der Waals surface area contributed by atoms with Crippen LogP contribution in [0.2, 0.25) is 0 Å². The van der Waals surface area contributed by atoms with Crippen LogP contribution in [0.15, 0.2) is 16.7 Å². The van der Waals surface area contributed by atoms with Crippen molar-refractivity contribution in [2.75, 3.05) is 6.54 Å². The van der Waals surface area contributed by atoms with Crippen molar-refractivity contribution in [3.8, 4) is 0 Å². The van der Waals surface area contributed by atoms with E-state index < -0.39 is 0 Å². The Morgan fingerprint density at radius 3 is 2.68 bits per heavy atom. The molecule has 2 aliphatic rings. The summed E-state index contributed by atoms with van der Waals surface area (Å²) in [6.45, 7) is 4.75. The maximum absolute atomic E-state index is 12.9. The second-order valence-electron chi connectivity index (χ2n) is 6.48. The smallest absolute Gasteiger partial charge is 0.271 e. The van der Waals surface area contributed by atoms with Gasteiger partial charge in [0.25, 0.3) is 5.91 Å². The van der Waals surface area contributed by atoms with E-state index in [0.29, 0.717) is 18.3 Å². The molecule has 2 amide bonds. The minimum atomic E-state index is -0.317. The van der Waals surface area contributed by atoms with Gasteiger partial charge in [-0.1, -0.05) is 0 Å². The zero-order valence-corrected chi connectivity index (χ0v) is 14.6. The van der Waals surface area contributed by atoms with Crippen molar-refractivity contribution >= 4 is 27.7 Å². The molecule has 3 rings (SSSR count). The predicted molar refractivity (Wildman–Crippen MR) is 87.7 cm³/mol. The minimum Gasteiger partial charge on any atom is -0.352 e. The van der Waals surface area contributed by atoms with E-state index in [4.69, 9.17) is 0 Å². The first-order chi connectivity index (χ1) is 10.5. The van der Waals surface area contributed by atoms with Gasteiger partial charge in [-0.3, -0.25) is 9.59 Å². The van der Waals surface area contributed by atoms with Gasteiger partial charge in [-0.25, -0.2) is 0 Å². The normalized spacial score (nSPS) is 21.5. The molecule has 0 radical (unpaired) electrons. The average Bonchev–Trinajstić information content (AvgIpc) is 3.01. The Balaban J connectivity index is 1.79. The molecular weight excluding hydrogens is 346 g/mol. The Morgan fingerprint density at radius 2 is 2.05 bits per heavy atom. The Labute approximate surface area is 139 Å². The number of aromatic nitrogens is 1. The molecule has 22 heavy (non-hydrogen) atoms. The zero-order valence-electron chi connectivity index (χ0n) is 13.0. The van der Waals surface area contributed by atoms with E-state index in [0.717, 1.165) is 30.2 Å². The summed E-state index contributed by atoms with van der Waals surface area (Å²) < 4.78 is 2.85. The highest BCUT2D eigenvalue weighted by Gasteiger charge is 2.37. The van der Waals surface area contributed by atoms with Gasteiger partial charge in [-0.2, -0.15) is 0 Å². The van der Waals surface area contributed by atoms with Crippen LogP contribution in [0.4, 0.5) is 0 Å². The number of carbonyl (C=O) groups excluding carboxylic acids is 2. The van der Waals surface area contributed by atoms with Crippen LogP contribution in [0.25, 0.3) is 0 Å². The second kappa shape index (κ2) is 6.07. The molecule has 1 aromatic rings. The molecule has 6 heteroatoms. The van der Waals surface area contributed by atoms with Gasteiger partial charge in [-0.05, 0) is 61.5 Å². The molecule has 0 aromatic carbocycles. The van der Waals surface area contributed by atoms with Gasteiger partial charge >= 0.3 is 0 Å². The number of likely N-dealkylation sites (tertiary alicyclic amines) is 1. The van der Waals surface area contributed by atoms with Crippen molar-refractivity contribution < 1.29 is 9.59 Å². The van der Waals surface area contributed by atoms with Gasteiger partial charge in [0.2, 0.25) is 5.91 Å². The molecule has 1 aliphatic heterocycles. The summed E-state index contributed by atoms with van der Waals surface area (Å²) in [5.74, 6) is -0.0390. The Hall–Kier alpha value is -1.30. The maximum atomic E-state index is 12.9. The van der Waals surface area contributed by atoms with Crippen LogP contribution < -0.4 is 5.32 Å². The third kappa shape index (κ3) is 3.07. The van der Waals surface area contributed by atoms with Gasteiger partial charge in [0.05, 0.1) is 0 Å². The van der Waals surface area contributed by atoms with Gasteiger partial charge in [-0.15, -0.1) is 0 Å². The fraction of sp³-hybridized carbons (Fsp3) is 0.625. The Bertz CT molecular complexity index is 592. The van der Waals surface area contributed by atoms with Crippen molar-refractivity contribution in [1.82, 2.24) is 14.8 Å². The van der Waals surface area contributed by atoms with E-state index in [1.54, 1.807) is 4.90 Å². The number of nitrogens with one attached hydrogen (secondary N) is 1. The standard InChI is InChI=1S/C16H22BrN3O2/c1-10(2)20-9-11(17)8-14(20)16(22)19-7-3-4-13(19)15(21)18-12-5-6-12/h8-10,12-13H,3-7H2,1-2H3,(H,18,21). The molecule has 0 spiro atoms. The molecule has 1 aliphatic carbocycles. The SMILES string of the molecule is CC(C)n1cc(Br)cc1C(=O)N1CCCC1C(=O)NC1CC1. The van der Waals surface area contributed by atoms with Gasteiger partial charge < -0.3 is 14.8 Å².